The van der Waals surface area contributed by atoms with Crippen molar-refractivity contribution < 1.29 is 14.3 Å². The van der Waals surface area contributed by atoms with Crippen LogP contribution in [-0.4, -0.2) is 28.6 Å². The summed E-state index contributed by atoms with van der Waals surface area (Å²) in [5, 5.41) is 8.98. The van der Waals surface area contributed by atoms with Crippen molar-refractivity contribution in [3.63, 3.8) is 0 Å². The van der Waals surface area contributed by atoms with E-state index in [2.05, 4.69) is 11.8 Å². The summed E-state index contributed by atoms with van der Waals surface area (Å²) in [4.78, 5) is 13.2. The van der Waals surface area contributed by atoms with Gasteiger partial charge in [-0.3, -0.25) is 4.90 Å². The minimum atomic E-state index is -1.20. The van der Waals surface area contributed by atoms with Crippen LogP contribution in [0.25, 0.3) is 0 Å². The van der Waals surface area contributed by atoms with Crippen LogP contribution in [0.15, 0.2) is 18.2 Å². The van der Waals surface area contributed by atoms with Gasteiger partial charge in [0, 0.05) is 18.2 Å². The molecule has 4 heteroatoms. The lowest BCUT2D eigenvalue weighted by molar-refractivity contribution is 0.0691. The summed E-state index contributed by atoms with van der Waals surface area (Å²) in [6.07, 6.45) is 6.08. The first-order valence-electron chi connectivity index (χ1n) is 7.38. The highest BCUT2D eigenvalue weighted by Crippen LogP contribution is 2.25. The molecule has 110 valence electrons. The van der Waals surface area contributed by atoms with Crippen molar-refractivity contribution in [2.45, 2.75) is 51.6 Å². The van der Waals surface area contributed by atoms with Crippen LogP contribution in [0.3, 0.4) is 0 Å². The maximum absolute atomic E-state index is 14.2. The van der Waals surface area contributed by atoms with Gasteiger partial charge in [-0.05, 0) is 25.5 Å². The SMILES string of the molecule is CCN(Cc1cccc(C(=O)O)c1F)C1CCCCC1. The molecular formula is C16H22FNO2. The molecule has 1 aliphatic rings. The van der Waals surface area contributed by atoms with E-state index in [0.29, 0.717) is 18.2 Å². The number of rotatable bonds is 5. The van der Waals surface area contributed by atoms with Crippen molar-refractivity contribution in [3.05, 3.63) is 35.1 Å². The lowest BCUT2D eigenvalue weighted by Crippen LogP contribution is -2.36. The Labute approximate surface area is 119 Å². The van der Waals surface area contributed by atoms with E-state index in [9.17, 15) is 9.18 Å². The Morgan fingerprint density at radius 3 is 2.65 bits per heavy atom. The van der Waals surface area contributed by atoms with E-state index in [1.165, 1.54) is 25.3 Å². The molecule has 0 bridgehead atoms. The summed E-state index contributed by atoms with van der Waals surface area (Å²) in [5.41, 5.74) is 0.250. The van der Waals surface area contributed by atoms with Crippen LogP contribution in [0.5, 0.6) is 0 Å². The minimum Gasteiger partial charge on any atom is -0.478 e. The van der Waals surface area contributed by atoms with Crippen molar-refractivity contribution in [1.29, 1.82) is 0 Å². The van der Waals surface area contributed by atoms with Crippen LogP contribution >= 0.6 is 0 Å². The molecule has 0 radical (unpaired) electrons. The van der Waals surface area contributed by atoms with E-state index in [1.54, 1.807) is 12.1 Å². The molecule has 1 N–H and O–H groups in total. The lowest BCUT2D eigenvalue weighted by Gasteiger charge is -2.33. The molecule has 1 aromatic rings. The Bertz CT molecular complexity index is 470. The Balaban J connectivity index is 2.14. The summed E-state index contributed by atoms with van der Waals surface area (Å²) >= 11 is 0. The van der Waals surface area contributed by atoms with Crippen molar-refractivity contribution in [1.82, 2.24) is 4.90 Å². The lowest BCUT2D eigenvalue weighted by atomic mass is 9.93. The predicted molar refractivity (Wildman–Crippen MR) is 76.3 cm³/mol. The fourth-order valence-electron chi connectivity index (χ4n) is 3.03. The molecule has 1 aromatic carbocycles. The van der Waals surface area contributed by atoms with Crippen LogP contribution in [0.2, 0.25) is 0 Å². The Morgan fingerprint density at radius 1 is 1.35 bits per heavy atom. The zero-order chi connectivity index (χ0) is 14.5. The molecule has 0 unspecified atom stereocenters. The molecule has 1 aliphatic carbocycles. The smallest absolute Gasteiger partial charge is 0.338 e. The van der Waals surface area contributed by atoms with Crippen LogP contribution in [0.4, 0.5) is 4.39 Å². The first-order chi connectivity index (χ1) is 9.63. The molecule has 2 rings (SSSR count). The third-order valence-corrected chi connectivity index (χ3v) is 4.18. The topological polar surface area (TPSA) is 40.5 Å². The summed E-state index contributed by atoms with van der Waals surface area (Å²) in [5.74, 6) is -1.79. The maximum atomic E-state index is 14.2. The van der Waals surface area contributed by atoms with Gasteiger partial charge in [-0.2, -0.15) is 0 Å². The Kier molecular flexibility index (Phi) is 5.12. The summed E-state index contributed by atoms with van der Waals surface area (Å²) < 4.78 is 14.2. The number of aromatic carboxylic acids is 1. The molecule has 20 heavy (non-hydrogen) atoms. The van der Waals surface area contributed by atoms with Crippen molar-refractivity contribution >= 4 is 5.97 Å². The molecule has 0 amide bonds. The van der Waals surface area contributed by atoms with Gasteiger partial charge in [0.1, 0.15) is 5.82 Å². The van der Waals surface area contributed by atoms with Crippen LogP contribution in [0.1, 0.15) is 54.9 Å². The van der Waals surface area contributed by atoms with Gasteiger partial charge in [0.05, 0.1) is 5.56 Å². The highest BCUT2D eigenvalue weighted by Gasteiger charge is 2.22. The number of nitrogens with zero attached hydrogens (tertiary/aromatic N) is 1. The van der Waals surface area contributed by atoms with E-state index in [4.69, 9.17) is 5.11 Å². The molecule has 0 atom stereocenters. The summed E-state index contributed by atoms with van der Waals surface area (Å²) in [6.45, 7) is 3.43. The molecule has 0 aromatic heterocycles. The van der Waals surface area contributed by atoms with Crippen LogP contribution < -0.4 is 0 Å². The summed E-state index contributed by atoms with van der Waals surface area (Å²) in [7, 11) is 0. The molecule has 0 heterocycles. The van der Waals surface area contributed by atoms with E-state index >= 15 is 0 Å². The molecule has 1 saturated carbocycles. The Morgan fingerprint density at radius 2 is 2.05 bits per heavy atom. The standard InChI is InChI=1S/C16H22FNO2/c1-2-18(13-8-4-3-5-9-13)11-12-7-6-10-14(15(12)17)16(19)20/h6-7,10,13H,2-5,8-9,11H2,1H3,(H,19,20). The zero-order valence-electron chi connectivity index (χ0n) is 11.9. The average molecular weight is 279 g/mol. The second-order valence-electron chi connectivity index (χ2n) is 5.44. The maximum Gasteiger partial charge on any atom is 0.338 e. The number of hydrogen-bond acceptors (Lipinski definition) is 2. The third-order valence-electron chi connectivity index (χ3n) is 4.18. The molecule has 0 saturated heterocycles. The number of hydrogen-bond donors (Lipinski definition) is 1. The van der Waals surface area contributed by atoms with Gasteiger partial charge in [-0.15, -0.1) is 0 Å². The molecule has 0 spiro atoms. The third kappa shape index (κ3) is 3.37. The van der Waals surface area contributed by atoms with Crippen LogP contribution in [-0.2, 0) is 6.54 Å². The highest BCUT2D eigenvalue weighted by molar-refractivity contribution is 5.88. The van der Waals surface area contributed by atoms with Gasteiger partial charge in [-0.1, -0.05) is 38.3 Å². The first kappa shape index (κ1) is 15.0. The second kappa shape index (κ2) is 6.84. The fourth-order valence-corrected chi connectivity index (χ4v) is 3.03. The van der Waals surface area contributed by atoms with Gasteiger partial charge in [-0.25, -0.2) is 9.18 Å². The first-order valence-corrected chi connectivity index (χ1v) is 7.38. The number of carboxylic acids is 1. The number of benzene rings is 1. The van der Waals surface area contributed by atoms with Gasteiger partial charge in [0.15, 0.2) is 0 Å². The van der Waals surface area contributed by atoms with E-state index in [0.717, 1.165) is 19.4 Å². The fraction of sp³-hybridized carbons (Fsp3) is 0.562. The van der Waals surface area contributed by atoms with Gasteiger partial charge >= 0.3 is 5.97 Å². The van der Waals surface area contributed by atoms with Crippen LogP contribution in [0, 0.1) is 5.82 Å². The minimum absolute atomic E-state index is 0.234. The van der Waals surface area contributed by atoms with Crippen molar-refractivity contribution in [2.75, 3.05) is 6.54 Å². The van der Waals surface area contributed by atoms with Gasteiger partial charge in [0.2, 0.25) is 0 Å². The number of carbonyl (C=O) groups is 1. The molecule has 0 aliphatic heterocycles. The normalized spacial score (nSPS) is 16.6. The van der Waals surface area contributed by atoms with Gasteiger partial charge < -0.3 is 5.11 Å². The average Bonchev–Trinajstić information content (AvgIpc) is 2.47. The predicted octanol–water partition coefficient (Wildman–Crippen LogP) is 3.68. The van der Waals surface area contributed by atoms with E-state index < -0.39 is 11.8 Å². The van der Waals surface area contributed by atoms with Gasteiger partial charge in [0.25, 0.3) is 0 Å². The highest BCUT2D eigenvalue weighted by atomic mass is 19.1. The monoisotopic (exact) mass is 279 g/mol. The van der Waals surface area contributed by atoms with E-state index in [-0.39, 0.29) is 5.56 Å². The largest absolute Gasteiger partial charge is 0.478 e. The molecule has 1 fully saturated rings. The van der Waals surface area contributed by atoms with E-state index in [1.807, 2.05) is 0 Å². The van der Waals surface area contributed by atoms with Crippen molar-refractivity contribution in [2.24, 2.45) is 0 Å². The zero-order valence-corrected chi connectivity index (χ0v) is 11.9. The Hall–Kier alpha value is -1.42. The second-order valence-corrected chi connectivity index (χ2v) is 5.44. The molecular weight excluding hydrogens is 257 g/mol. The molecule has 3 nitrogen and oxygen atoms in total. The number of carboxylic acid groups (broad SMARTS) is 1. The summed E-state index contributed by atoms with van der Waals surface area (Å²) in [6, 6.07) is 5.13. The number of halogens is 1. The van der Waals surface area contributed by atoms with Crippen molar-refractivity contribution in [3.8, 4) is 0 Å². The quantitative estimate of drug-likeness (QED) is 0.894.